The van der Waals surface area contributed by atoms with E-state index in [4.69, 9.17) is 0 Å². The minimum atomic E-state index is 0.0449. The van der Waals surface area contributed by atoms with Crippen molar-refractivity contribution in [1.29, 1.82) is 0 Å². The van der Waals surface area contributed by atoms with Crippen molar-refractivity contribution in [2.45, 2.75) is 52.4 Å². The van der Waals surface area contributed by atoms with E-state index in [1.165, 1.54) is 11.1 Å². The number of benzene rings is 3. The molecular formula is C32H28. The summed E-state index contributed by atoms with van der Waals surface area (Å²) in [6.07, 6.45) is 0. The quantitative estimate of drug-likeness (QED) is 0.279. The van der Waals surface area contributed by atoms with Gasteiger partial charge in [-0.1, -0.05) is 101 Å². The summed E-state index contributed by atoms with van der Waals surface area (Å²) in [6.45, 7) is 13.3. The van der Waals surface area contributed by atoms with Gasteiger partial charge in [-0.3, -0.25) is 0 Å². The van der Waals surface area contributed by atoms with Gasteiger partial charge in [0.25, 0.3) is 0 Å². The molecule has 0 saturated carbocycles. The van der Waals surface area contributed by atoms with Crippen molar-refractivity contribution in [3.63, 3.8) is 0 Å². The van der Waals surface area contributed by atoms with Crippen molar-refractivity contribution < 1.29 is 0 Å². The summed E-state index contributed by atoms with van der Waals surface area (Å²) in [5, 5.41) is 0. The summed E-state index contributed by atoms with van der Waals surface area (Å²) in [7, 11) is 0. The highest BCUT2D eigenvalue weighted by atomic mass is 14.2. The topological polar surface area (TPSA) is 0 Å². The third-order valence-corrected chi connectivity index (χ3v) is 5.69. The summed E-state index contributed by atoms with van der Waals surface area (Å²) in [5.74, 6) is 20.2. The fourth-order valence-corrected chi connectivity index (χ4v) is 3.55. The van der Waals surface area contributed by atoms with E-state index in [0.29, 0.717) is 0 Å². The van der Waals surface area contributed by atoms with Crippen molar-refractivity contribution in [2.24, 2.45) is 0 Å². The highest BCUT2D eigenvalue weighted by Gasteiger charge is 2.16. The smallest absolute Gasteiger partial charge is 0.0408 e. The molecule has 0 saturated heterocycles. The molecule has 0 aliphatic heterocycles. The highest BCUT2D eigenvalue weighted by molar-refractivity contribution is 5.62. The Morgan fingerprint density at radius 3 is 1.06 bits per heavy atom. The molecule has 0 atom stereocenters. The fourth-order valence-electron chi connectivity index (χ4n) is 3.55. The normalized spacial score (nSPS) is 12.1. The standard InChI is InChI=1S/C32H28/c1-31(2,3)29-19-17-25-13-11-23-9-7-8-10-24(23)12-14-26-18-20-30(32(4,5)6)22-28(26)16-15-27(25)21-29/h7-10,17-22H,1-6H3. The van der Waals surface area contributed by atoms with Gasteiger partial charge in [0.2, 0.25) is 0 Å². The molecule has 0 N–H and O–H groups in total. The molecule has 0 heteroatoms. The molecule has 0 fully saturated rings. The summed E-state index contributed by atoms with van der Waals surface area (Å²) in [6, 6.07) is 21.0. The van der Waals surface area contributed by atoms with Gasteiger partial charge in [-0.05, 0) is 58.4 Å². The van der Waals surface area contributed by atoms with Crippen molar-refractivity contribution in [2.75, 3.05) is 0 Å². The van der Waals surface area contributed by atoms with Crippen LogP contribution in [0.25, 0.3) is 0 Å². The molecule has 4 rings (SSSR count). The zero-order chi connectivity index (χ0) is 22.9. The molecule has 0 spiro atoms. The van der Waals surface area contributed by atoms with Gasteiger partial charge in [-0.15, -0.1) is 0 Å². The maximum atomic E-state index is 3.43. The molecule has 0 aromatic heterocycles. The maximum absolute atomic E-state index is 3.43. The lowest BCUT2D eigenvalue weighted by molar-refractivity contribution is 0.589. The largest absolute Gasteiger partial charge is 0.0609 e. The molecule has 0 radical (unpaired) electrons. The van der Waals surface area contributed by atoms with Crippen molar-refractivity contribution >= 4 is 0 Å². The zero-order valence-corrected chi connectivity index (χ0v) is 19.8. The Labute approximate surface area is 193 Å². The molecule has 3 aromatic rings. The van der Waals surface area contributed by atoms with Crippen LogP contribution >= 0.6 is 0 Å². The van der Waals surface area contributed by atoms with Gasteiger partial charge in [0.1, 0.15) is 0 Å². The van der Waals surface area contributed by atoms with Gasteiger partial charge in [-0.25, -0.2) is 0 Å². The minimum Gasteiger partial charge on any atom is -0.0609 e. The lowest BCUT2D eigenvalue weighted by Crippen LogP contribution is -2.11. The van der Waals surface area contributed by atoms with Crippen LogP contribution in [0, 0.1) is 35.5 Å². The fraction of sp³-hybridized carbons (Fsp3) is 0.250. The SMILES string of the molecule is CC(C)(C)c1ccc2c(c1)C#Cc1cc(C(C)(C)C)ccc1C#Cc1ccccc1C#C2. The maximum Gasteiger partial charge on any atom is 0.0408 e. The first kappa shape index (κ1) is 21.6. The zero-order valence-electron chi connectivity index (χ0n) is 19.8. The van der Waals surface area contributed by atoms with Crippen LogP contribution in [0.15, 0.2) is 60.7 Å². The first-order valence-electron chi connectivity index (χ1n) is 11.1. The molecule has 0 amide bonds. The Balaban J connectivity index is 2.01. The third-order valence-electron chi connectivity index (χ3n) is 5.69. The summed E-state index contributed by atoms with van der Waals surface area (Å²) >= 11 is 0. The Morgan fingerprint density at radius 1 is 0.406 bits per heavy atom. The highest BCUT2D eigenvalue weighted by Crippen LogP contribution is 2.26. The van der Waals surface area contributed by atoms with Crippen LogP contribution in [-0.4, -0.2) is 0 Å². The lowest BCUT2D eigenvalue weighted by atomic mass is 9.84. The Bertz CT molecular complexity index is 1280. The van der Waals surface area contributed by atoms with Gasteiger partial charge in [0, 0.05) is 33.4 Å². The molecule has 1 aliphatic carbocycles. The minimum absolute atomic E-state index is 0.0449. The van der Waals surface area contributed by atoms with E-state index in [2.05, 4.69) is 113 Å². The second kappa shape index (κ2) is 8.12. The molecule has 0 nitrogen and oxygen atoms in total. The second-order valence-electron chi connectivity index (χ2n) is 10.3. The van der Waals surface area contributed by atoms with E-state index in [9.17, 15) is 0 Å². The van der Waals surface area contributed by atoms with Gasteiger partial charge < -0.3 is 0 Å². The number of hydrogen-bond donors (Lipinski definition) is 0. The van der Waals surface area contributed by atoms with Gasteiger partial charge >= 0.3 is 0 Å². The van der Waals surface area contributed by atoms with E-state index < -0.39 is 0 Å². The molecule has 156 valence electrons. The number of rotatable bonds is 0. The van der Waals surface area contributed by atoms with Crippen LogP contribution in [0.2, 0.25) is 0 Å². The summed E-state index contributed by atoms with van der Waals surface area (Å²) in [4.78, 5) is 0. The lowest BCUT2D eigenvalue weighted by Gasteiger charge is -2.20. The molecule has 0 bridgehead atoms. The molecule has 0 unspecified atom stereocenters. The van der Waals surface area contributed by atoms with E-state index in [1.807, 2.05) is 24.3 Å². The predicted octanol–water partition coefficient (Wildman–Crippen LogP) is 6.79. The molecular weight excluding hydrogens is 384 g/mol. The van der Waals surface area contributed by atoms with Gasteiger partial charge in [0.15, 0.2) is 0 Å². The molecule has 0 heterocycles. The van der Waals surface area contributed by atoms with Crippen LogP contribution in [0.1, 0.15) is 86.1 Å². The van der Waals surface area contributed by atoms with Gasteiger partial charge in [0.05, 0.1) is 0 Å². The van der Waals surface area contributed by atoms with Crippen LogP contribution in [-0.2, 0) is 10.8 Å². The van der Waals surface area contributed by atoms with E-state index >= 15 is 0 Å². The van der Waals surface area contributed by atoms with Gasteiger partial charge in [-0.2, -0.15) is 0 Å². The Kier molecular flexibility index (Phi) is 5.47. The Morgan fingerprint density at radius 2 is 0.719 bits per heavy atom. The van der Waals surface area contributed by atoms with Crippen LogP contribution < -0.4 is 0 Å². The predicted molar refractivity (Wildman–Crippen MR) is 135 cm³/mol. The molecule has 1 aliphatic rings. The van der Waals surface area contributed by atoms with Crippen molar-refractivity contribution in [3.8, 4) is 35.5 Å². The summed E-state index contributed by atoms with van der Waals surface area (Å²) in [5.41, 5.74) is 8.29. The van der Waals surface area contributed by atoms with Crippen molar-refractivity contribution in [1.82, 2.24) is 0 Å². The number of fused-ring (bicyclic) bond motifs is 3. The third kappa shape index (κ3) is 4.65. The average molecular weight is 413 g/mol. The molecule has 32 heavy (non-hydrogen) atoms. The van der Waals surface area contributed by atoms with Crippen LogP contribution in [0.4, 0.5) is 0 Å². The average Bonchev–Trinajstić information content (AvgIpc) is 2.73. The first-order valence-corrected chi connectivity index (χ1v) is 11.1. The summed E-state index contributed by atoms with van der Waals surface area (Å²) < 4.78 is 0. The van der Waals surface area contributed by atoms with E-state index in [0.717, 1.165) is 33.4 Å². The monoisotopic (exact) mass is 412 g/mol. The van der Waals surface area contributed by atoms with E-state index in [-0.39, 0.29) is 10.8 Å². The van der Waals surface area contributed by atoms with Crippen molar-refractivity contribution in [3.05, 3.63) is 105 Å². The molecule has 3 aromatic carbocycles. The van der Waals surface area contributed by atoms with Crippen LogP contribution in [0.3, 0.4) is 0 Å². The second-order valence-corrected chi connectivity index (χ2v) is 10.3. The number of hydrogen-bond acceptors (Lipinski definition) is 0. The van der Waals surface area contributed by atoms with E-state index in [1.54, 1.807) is 0 Å². The Hall–Kier alpha value is -3.66. The first-order chi connectivity index (χ1) is 15.1. The van der Waals surface area contributed by atoms with Crippen LogP contribution in [0.5, 0.6) is 0 Å².